The molecule has 1 aromatic heterocycles. The first-order chi connectivity index (χ1) is 14.9. The summed E-state index contributed by atoms with van der Waals surface area (Å²) in [5.74, 6) is 0.963. The second-order valence-corrected chi connectivity index (χ2v) is 11.3. The van der Waals surface area contributed by atoms with Crippen LogP contribution in [0.5, 0.6) is 0 Å². The number of aryl methyl sites for hydroxylation is 1. The maximum absolute atomic E-state index is 11.9. The Morgan fingerprint density at radius 2 is 2.03 bits per heavy atom. The minimum absolute atomic E-state index is 0.0569. The van der Waals surface area contributed by atoms with Gasteiger partial charge in [-0.15, -0.1) is 23.1 Å². The predicted molar refractivity (Wildman–Crippen MR) is 130 cm³/mol. The number of hydrogen-bond acceptors (Lipinski definition) is 5. The molecule has 2 unspecified atom stereocenters. The average molecular weight is 451 g/mol. The molecule has 0 saturated carbocycles. The van der Waals surface area contributed by atoms with E-state index < -0.39 is 5.91 Å². The quantitative estimate of drug-likeness (QED) is 0.377. The lowest BCUT2D eigenvalue weighted by Gasteiger charge is -2.37. The van der Waals surface area contributed by atoms with Gasteiger partial charge < -0.3 is 0 Å². The highest BCUT2D eigenvalue weighted by atomic mass is 32.2. The van der Waals surface area contributed by atoms with Gasteiger partial charge in [-0.3, -0.25) is 15.0 Å². The van der Waals surface area contributed by atoms with Gasteiger partial charge in [-0.25, -0.2) is 5.48 Å². The van der Waals surface area contributed by atoms with E-state index in [-0.39, 0.29) is 11.5 Å². The van der Waals surface area contributed by atoms with Crippen LogP contribution < -0.4 is 5.48 Å². The highest BCUT2D eigenvalue weighted by Gasteiger charge is 2.38. The summed E-state index contributed by atoms with van der Waals surface area (Å²) in [5.41, 5.74) is 6.04. The molecule has 2 heterocycles. The Bertz CT molecular complexity index is 1210. The van der Waals surface area contributed by atoms with Crippen molar-refractivity contribution in [3.63, 3.8) is 0 Å². The van der Waals surface area contributed by atoms with E-state index in [9.17, 15) is 4.79 Å². The van der Waals surface area contributed by atoms with Crippen molar-refractivity contribution in [2.24, 2.45) is 10.9 Å². The Hall–Kier alpha value is -2.15. The van der Waals surface area contributed by atoms with Crippen molar-refractivity contribution in [2.45, 2.75) is 45.1 Å². The number of nitrogens with zero attached hydrogens (tertiary/aromatic N) is 1. The van der Waals surface area contributed by atoms with Gasteiger partial charge in [-0.05, 0) is 65.5 Å². The highest BCUT2D eigenvalue weighted by Crippen LogP contribution is 2.46. The average Bonchev–Trinajstić information content (AvgIpc) is 3.38. The summed E-state index contributed by atoms with van der Waals surface area (Å²) >= 11 is 3.80. The largest absolute Gasteiger partial charge is 0.288 e. The Labute approximate surface area is 190 Å². The van der Waals surface area contributed by atoms with E-state index in [4.69, 9.17) is 10.2 Å². The van der Waals surface area contributed by atoms with Gasteiger partial charge in [0.15, 0.2) is 0 Å². The molecule has 3 aromatic rings. The fraction of sp³-hybridized carbons (Fsp3) is 0.360. The monoisotopic (exact) mass is 450 g/mol. The zero-order valence-electron chi connectivity index (χ0n) is 17.9. The third-order valence-corrected chi connectivity index (χ3v) is 9.22. The molecule has 0 fully saturated rings. The van der Waals surface area contributed by atoms with E-state index in [2.05, 4.69) is 45.0 Å². The summed E-state index contributed by atoms with van der Waals surface area (Å²) in [6.07, 6.45) is 1.96. The van der Waals surface area contributed by atoms with Crippen molar-refractivity contribution in [1.29, 1.82) is 0 Å². The van der Waals surface area contributed by atoms with Crippen molar-refractivity contribution in [3.8, 4) is 0 Å². The maximum Gasteiger partial charge on any atom is 0.274 e. The van der Waals surface area contributed by atoms with Crippen LogP contribution in [0.25, 0.3) is 10.1 Å². The van der Waals surface area contributed by atoms with Gasteiger partial charge in [0.2, 0.25) is 0 Å². The molecule has 1 aliphatic carbocycles. The van der Waals surface area contributed by atoms with Crippen molar-refractivity contribution >= 4 is 44.1 Å². The number of carbonyl (C=O) groups excluding carboxylic acids is 1. The highest BCUT2D eigenvalue weighted by molar-refractivity contribution is 8.14. The van der Waals surface area contributed by atoms with Crippen molar-refractivity contribution in [3.05, 3.63) is 69.6 Å². The van der Waals surface area contributed by atoms with Crippen LogP contribution in [0.2, 0.25) is 0 Å². The number of thioether (sulfide) groups is 1. The number of hydrogen-bond donors (Lipinski definition) is 2. The summed E-state index contributed by atoms with van der Waals surface area (Å²) in [7, 11) is 0. The Morgan fingerprint density at radius 1 is 1.23 bits per heavy atom. The van der Waals surface area contributed by atoms with Crippen LogP contribution in [0.3, 0.4) is 0 Å². The number of hydroxylamine groups is 1. The van der Waals surface area contributed by atoms with E-state index in [1.165, 1.54) is 36.7 Å². The van der Waals surface area contributed by atoms with Crippen LogP contribution in [-0.2, 0) is 11.8 Å². The molecule has 2 aromatic carbocycles. The first-order valence-electron chi connectivity index (χ1n) is 10.6. The van der Waals surface area contributed by atoms with Gasteiger partial charge in [-0.1, -0.05) is 38.1 Å². The van der Waals surface area contributed by atoms with Crippen LogP contribution in [0.15, 0.2) is 47.5 Å². The van der Waals surface area contributed by atoms with Gasteiger partial charge in [0, 0.05) is 26.8 Å². The standard InChI is InChI=1S/C25H26N2O2S2/c1-14-18-6-4-5-7-21(18)31-22(14)20-13-30-24(26-20)17-10-15-8-9-16(23(28)27-29)11-19(15)25(2,3)12-17/h4-9,11,17,20,29H,10,12-13H2,1-3H3,(H,27,28). The molecule has 0 saturated heterocycles. The van der Waals surface area contributed by atoms with Crippen molar-refractivity contribution in [2.75, 3.05) is 5.75 Å². The normalized spacial score (nSPS) is 22.3. The molecule has 1 aliphatic heterocycles. The molecule has 2 N–H and O–H groups in total. The SMILES string of the molecule is Cc1c(C2CSC(C3Cc4ccc(C(=O)NO)cc4C(C)(C)C3)=N2)sc2ccccc12. The number of nitrogens with one attached hydrogen (secondary N) is 1. The zero-order valence-corrected chi connectivity index (χ0v) is 19.6. The number of amides is 1. The fourth-order valence-electron chi connectivity index (χ4n) is 5.09. The molecule has 6 heteroatoms. The Kier molecular flexibility index (Phi) is 5.19. The Morgan fingerprint density at radius 3 is 2.81 bits per heavy atom. The fourth-order valence-corrected chi connectivity index (χ4v) is 7.62. The number of rotatable bonds is 3. The van der Waals surface area contributed by atoms with Crippen LogP contribution >= 0.6 is 23.1 Å². The number of thiophene rings is 1. The summed E-state index contributed by atoms with van der Waals surface area (Å²) < 4.78 is 1.35. The number of benzene rings is 2. The van der Waals surface area contributed by atoms with Gasteiger partial charge in [0.05, 0.1) is 11.1 Å². The summed E-state index contributed by atoms with van der Waals surface area (Å²) in [6.45, 7) is 6.71. The molecular weight excluding hydrogens is 424 g/mol. The molecule has 2 atom stereocenters. The lowest BCUT2D eigenvalue weighted by atomic mass is 9.68. The van der Waals surface area contributed by atoms with Crippen molar-refractivity contribution in [1.82, 2.24) is 5.48 Å². The number of carbonyl (C=O) groups is 1. The number of aliphatic imine (C=N–C) groups is 1. The molecule has 0 radical (unpaired) electrons. The lowest BCUT2D eigenvalue weighted by Crippen LogP contribution is -2.33. The Balaban J connectivity index is 1.44. The summed E-state index contributed by atoms with van der Waals surface area (Å²) in [6, 6.07) is 14.7. The molecule has 5 rings (SSSR count). The molecule has 0 bridgehead atoms. The predicted octanol–water partition coefficient (Wildman–Crippen LogP) is 6.06. The third-order valence-electron chi connectivity index (χ3n) is 6.63. The molecule has 1 amide bonds. The van der Waals surface area contributed by atoms with E-state index in [1.54, 1.807) is 11.5 Å². The van der Waals surface area contributed by atoms with E-state index in [0.717, 1.165) is 18.6 Å². The van der Waals surface area contributed by atoms with Crippen molar-refractivity contribution < 1.29 is 10.0 Å². The number of fused-ring (bicyclic) bond motifs is 2. The first-order valence-corrected chi connectivity index (χ1v) is 12.4. The maximum atomic E-state index is 11.9. The van der Waals surface area contributed by atoms with E-state index >= 15 is 0 Å². The second-order valence-electron chi connectivity index (χ2n) is 9.18. The van der Waals surface area contributed by atoms with Crippen LogP contribution in [0.1, 0.15) is 58.2 Å². The van der Waals surface area contributed by atoms with Gasteiger partial charge in [-0.2, -0.15) is 0 Å². The minimum atomic E-state index is -0.460. The molecule has 31 heavy (non-hydrogen) atoms. The second kappa shape index (κ2) is 7.76. The minimum Gasteiger partial charge on any atom is -0.288 e. The third kappa shape index (κ3) is 3.60. The smallest absolute Gasteiger partial charge is 0.274 e. The van der Waals surface area contributed by atoms with Crippen LogP contribution in [0, 0.1) is 12.8 Å². The zero-order chi connectivity index (χ0) is 21.8. The van der Waals surface area contributed by atoms with E-state index in [1.807, 2.05) is 35.2 Å². The molecule has 160 valence electrons. The molecule has 2 aliphatic rings. The first kappa shape index (κ1) is 20.7. The van der Waals surface area contributed by atoms with Gasteiger partial charge in [0.1, 0.15) is 0 Å². The van der Waals surface area contributed by atoms with Crippen LogP contribution in [0.4, 0.5) is 0 Å². The summed E-state index contributed by atoms with van der Waals surface area (Å²) in [5, 5.41) is 11.6. The topological polar surface area (TPSA) is 61.7 Å². The van der Waals surface area contributed by atoms with Gasteiger partial charge in [0.25, 0.3) is 5.91 Å². The van der Waals surface area contributed by atoms with E-state index in [0.29, 0.717) is 11.5 Å². The molecule has 0 spiro atoms. The summed E-state index contributed by atoms with van der Waals surface area (Å²) in [4.78, 5) is 18.5. The molecule has 4 nitrogen and oxygen atoms in total. The lowest BCUT2D eigenvalue weighted by molar-refractivity contribution is 0.0706. The van der Waals surface area contributed by atoms with Gasteiger partial charge >= 0.3 is 0 Å². The molecular formula is C25H26N2O2S2. The van der Waals surface area contributed by atoms with Crippen LogP contribution in [-0.4, -0.2) is 21.9 Å².